The second-order valence-corrected chi connectivity index (χ2v) is 5.83. The Labute approximate surface area is 121 Å². The fourth-order valence-corrected chi connectivity index (χ4v) is 3.01. The van der Waals surface area contributed by atoms with Crippen molar-refractivity contribution in [3.8, 4) is 0 Å². The largest absolute Gasteiger partial charge is 0.394 e. The third-order valence-corrected chi connectivity index (χ3v) is 4.59. The van der Waals surface area contributed by atoms with E-state index in [0.717, 1.165) is 11.2 Å². The van der Waals surface area contributed by atoms with Gasteiger partial charge in [-0.05, 0) is 32.9 Å². The molecule has 1 fully saturated rings. The summed E-state index contributed by atoms with van der Waals surface area (Å²) in [6.07, 6.45) is -0.613. The van der Waals surface area contributed by atoms with Gasteiger partial charge in [-0.25, -0.2) is 9.50 Å². The van der Waals surface area contributed by atoms with Crippen LogP contribution in [0.4, 0.5) is 0 Å². The first-order chi connectivity index (χ1) is 9.83. The first kappa shape index (κ1) is 14.4. The molecule has 0 radical (unpaired) electrons. The molecule has 3 N–H and O–H groups in total. The van der Waals surface area contributed by atoms with Gasteiger partial charge in [0.2, 0.25) is 0 Å². The van der Waals surface area contributed by atoms with Crippen LogP contribution in [-0.4, -0.2) is 54.3 Å². The molecule has 1 saturated heterocycles. The second kappa shape index (κ2) is 4.48. The zero-order chi connectivity index (χ0) is 15.4. The Morgan fingerprint density at radius 1 is 1.38 bits per heavy atom. The smallest absolute Gasteiger partial charge is 0.139 e. The number of fused-ring (bicyclic) bond motifs is 1. The SMILES string of the molecule is Cc1ncnn2c([C@]3(C)O[C@H](CO)[C@@H](O)[C@@]3(C)O)ccc12. The number of aliphatic hydroxyl groups is 3. The van der Waals surface area contributed by atoms with Crippen LogP contribution in [0, 0.1) is 6.92 Å². The minimum Gasteiger partial charge on any atom is -0.394 e. The van der Waals surface area contributed by atoms with Crippen LogP contribution < -0.4 is 0 Å². The number of nitrogens with zero attached hydrogens (tertiary/aromatic N) is 3. The molecule has 1 aliphatic rings. The highest BCUT2D eigenvalue weighted by Gasteiger charge is 2.61. The van der Waals surface area contributed by atoms with Gasteiger partial charge in [-0.15, -0.1) is 0 Å². The molecular weight excluding hydrogens is 274 g/mol. The zero-order valence-corrected chi connectivity index (χ0v) is 12.2. The summed E-state index contributed by atoms with van der Waals surface area (Å²) in [5.74, 6) is 0. The van der Waals surface area contributed by atoms with Gasteiger partial charge < -0.3 is 20.1 Å². The lowest BCUT2D eigenvalue weighted by Gasteiger charge is -2.35. The molecule has 3 rings (SSSR count). The van der Waals surface area contributed by atoms with Crippen LogP contribution >= 0.6 is 0 Å². The van der Waals surface area contributed by atoms with Crippen LogP contribution in [0.2, 0.25) is 0 Å². The topological polar surface area (TPSA) is 100 Å². The van der Waals surface area contributed by atoms with E-state index in [9.17, 15) is 15.3 Å². The summed E-state index contributed by atoms with van der Waals surface area (Å²) in [7, 11) is 0. The van der Waals surface area contributed by atoms with Gasteiger partial charge in [0.05, 0.1) is 23.5 Å². The van der Waals surface area contributed by atoms with Crippen molar-refractivity contribution in [2.24, 2.45) is 0 Å². The minimum atomic E-state index is -1.56. The fraction of sp³-hybridized carbons (Fsp3) is 0.571. The summed E-state index contributed by atoms with van der Waals surface area (Å²) in [5, 5.41) is 34.5. The number of ether oxygens (including phenoxy) is 1. The predicted octanol–water partition coefficient (Wildman–Crippen LogP) is -0.244. The van der Waals surface area contributed by atoms with Crippen molar-refractivity contribution < 1.29 is 20.1 Å². The molecule has 114 valence electrons. The van der Waals surface area contributed by atoms with E-state index in [1.165, 1.54) is 13.3 Å². The molecule has 0 saturated carbocycles. The Morgan fingerprint density at radius 3 is 2.71 bits per heavy atom. The lowest BCUT2D eigenvalue weighted by molar-refractivity contribution is -0.133. The Bertz CT molecular complexity index is 684. The van der Waals surface area contributed by atoms with Gasteiger partial charge in [0.25, 0.3) is 0 Å². The molecular formula is C14H19N3O4. The first-order valence-electron chi connectivity index (χ1n) is 6.82. The van der Waals surface area contributed by atoms with Gasteiger partial charge in [0.1, 0.15) is 29.7 Å². The third kappa shape index (κ3) is 1.75. The summed E-state index contributed by atoms with van der Waals surface area (Å²) >= 11 is 0. The van der Waals surface area contributed by atoms with Crippen molar-refractivity contribution >= 4 is 5.52 Å². The maximum absolute atomic E-state index is 10.7. The summed E-state index contributed by atoms with van der Waals surface area (Å²) in [6.45, 7) is 4.68. The van der Waals surface area contributed by atoms with E-state index >= 15 is 0 Å². The number of hydrogen-bond donors (Lipinski definition) is 3. The summed E-state index contributed by atoms with van der Waals surface area (Å²) < 4.78 is 7.43. The highest BCUT2D eigenvalue weighted by Crippen LogP contribution is 2.46. The van der Waals surface area contributed by atoms with E-state index in [0.29, 0.717) is 5.69 Å². The van der Waals surface area contributed by atoms with Gasteiger partial charge in [0.15, 0.2) is 0 Å². The van der Waals surface area contributed by atoms with E-state index in [2.05, 4.69) is 10.1 Å². The van der Waals surface area contributed by atoms with Crippen LogP contribution in [0.3, 0.4) is 0 Å². The van der Waals surface area contributed by atoms with Crippen LogP contribution in [0.1, 0.15) is 25.2 Å². The molecule has 2 aromatic rings. The van der Waals surface area contributed by atoms with E-state index in [-0.39, 0.29) is 6.61 Å². The van der Waals surface area contributed by atoms with Gasteiger partial charge >= 0.3 is 0 Å². The molecule has 0 aliphatic carbocycles. The molecule has 3 heterocycles. The molecule has 0 amide bonds. The quantitative estimate of drug-likeness (QED) is 0.706. The first-order valence-corrected chi connectivity index (χ1v) is 6.82. The van der Waals surface area contributed by atoms with Crippen LogP contribution in [0.25, 0.3) is 5.52 Å². The van der Waals surface area contributed by atoms with Crippen molar-refractivity contribution in [3.63, 3.8) is 0 Å². The minimum absolute atomic E-state index is 0.371. The van der Waals surface area contributed by atoms with Crippen molar-refractivity contribution in [2.75, 3.05) is 6.61 Å². The van der Waals surface area contributed by atoms with Gasteiger partial charge in [-0.1, -0.05) is 0 Å². The average molecular weight is 293 g/mol. The summed E-state index contributed by atoms with van der Waals surface area (Å²) in [5.41, 5.74) is -0.560. The van der Waals surface area contributed by atoms with Gasteiger partial charge in [-0.2, -0.15) is 5.10 Å². The predicted molar refractivity (Wildman–Crippen MR) is 73.7 cm³/mol. The average Bonchev–Trinajstić information content (AvgIpc) is 2.95. The zero-order valence-electron chi connectivity index (χ0n) is 12.2. The molecule has 0 aromatic carbocycles. The Hall–Kier alpha value is -1.54. The van der Waals surface area contributed by atoms with Crippen molar-refractivity contribution in [1.82, 2.24) is 14.6 Å². The monoisotopic (exact) mass is 293 g/mol. The highest BCUT2D eigenvalue weighted by molar-refractivity contribution is 5.53. The maximum Gasteiger partial charge on any atom is 0.139 e. The molecule has 1 aliphatic heterocycles. The molecule has 7 nitrogen and oxygen atoms in total. The summed E-state index contributed by atoms with van der Waals surface area (Å²) in [6, 6.07) is 3.63. The van der Waals surface area contributed by atoms with Gasteiger partial charge in [0, 0.05) is 0 Å². The molecule has 7 heteroatoms. The maximum atomic E-state index is 10.7. The second-order valence-electron chi connectivity index (χ2n) is 5.83. The van der Waals surface area contributed by atoms with Crippen LogP contribution in [0.5, 0.6) is 0 Å². The van der Waals surface area contributed by atoms with Crippen molar-refractivity contribution in [1.29, 1.82) is 0 Å². The Balaban J connectivity index is 2.19. The standard InChI is InChI=1S/C14H19N3O4/c1-8-9-4-5-11(17(9)16-7-15-8)14(3)13(2,20)12(19)10(6-18)21-14/h4-5,7,10,12,18-20H,6H2,1-3H3/t10-,12-,13-,14+/m1/s1. The molecule has 0 spiro atoms. The Kier molecular flexibility index (Phi) is 3.07. The van der Waals surface area contributed by atoms with Crippen LogP contribution in [-0.2, 0) is 10.3 Å². The number of hydrogen-bond acceptors (Lipinski definition) is 6. The van der Waals surface area contributed by atoms with Crippen molar-refractivity contribution in [3.05, 3.63) is 29.8 Å². The lowest BCUT2D eigenvalue weighted by atomic mass is 9.81. The van der Waals surface area contributed by atoms with E-state index in [1.807, 2.05) is 13.0 Å². The molecule has 4 atom stereocenters. The third-order valence-electron chi connectivity index (χ3n) is 4.59. The van der Waals surface area contributed by atoms with E-state index in [1.54, 1.807) is 17.5 Å². The van der Waals surface area contributed by atoms with Crippen LogP contribution in [0.15, 0.2) is 18.5 Å². The molecule has 21 heavy (non-hydrogen) atoms. The number of aryl methyl sites for hydroxylation is 1. The Morgan fingerprint density at radius 2 is 2.10 bits per heavy atom. The van der Waals surface area contributed by atoms with Crippen molar-refractivity contribution in [2.45, 2.75) is 44.2 Å². The van der Waals surface area contributed by atoms with E-state index in [4.69, 9.17) is 4.74 Å². The van der Waals surface area contributed by atoms with E-state index < -0.39 is 23.4 Å². The molecule has 0 bridgehead atoms. The number of aliphatic hydroxyl groups excluding tert-OH is 2. The normalized spacial score (nSPS) is 36.5. The highest BCUT2D eigenvalue weighted by atomic mass is 16.6. The summed E-state index contributed by atoms with van der Waals surface area (Å²) in [4.78, 5) is 4.13. The lowest BCUT2D eigenvalue weighted by Crippen LogP contribution is -2.51. The molecule has 0 unspecified atom stereocenters. The number of aromatic nitrogens is 3. The van der Waals surface area contributed by atoms with Gasteiger partial charge in [-0.3, -0.25) is 0 Å². The fourth-order valence-electron chi connectivity index (χ4n) is 3.01. The molecule has 2 aromatic heterocycles. The number of rotatable bonds is 2.